The first-order chi connectivity index (χ1) is 11.6. The number of H-pyrrole nitrogens is 1. The Balaban J connectivity index is 1.68. The highest BCUT2D eigenvalue weighted by Crippen LogP contribution is 2.35. The monoisotopic (exact) mass is 344 g/mol. The highest BCUT2D eigenvalue weighted by atomic mass is 32.1. The molecule has 4 rings (SSSR count). The van der Waals surface area contributed by atoms with E-state index in [9.17, 15) is 9.59 Å². The largest absolute Gasteiger partial charge is 0.477 e. The quantitative estimate of drug-likeness (QED) is 0.755. The molecular formula is C17H16N2O4S. The molecule has 1 aliphatic heterocycles. The van der Waals surface area contributed by atoms with Crippen LogP contribution in [-0.2, 0) is 0 Å². The van der Waals surface area contributed by atoms with E-state index in [1.54, 1.807) is 17.4 Å². The van der Waals surface area contributed by atoms with E-state index in [0.717, 1.165) is 19.3 Å². The molecule has 6 nitrogen and oxygen atoms in total. The third-order valence-corrected chi connectivity index (χ3v) is 5.42. The number of hydrogen-bond acceptors (Lipinski definition) is 4. The fourth-order valence-electron chi connectivity index (χ4n) is 3.29. The van der Waals surface area contributed by atoms with Crippen LogP contribution >= 0.6 is 11.3 Å². The molecular weight excluding hydrogens is 328 g/mol. The molecule has 3 aromatic heterocycles. The average Bonchev–Trinajstić information content (AvgIpc) is 3.30. The molecule has 24 heavy (non-hydrogen) atoms. The molecule has 1 saturated heterocycles. The summed E-state index contributed by atoms with van der Waals surface area (Å²) in [4.78, 5) is 30.1. The van der Waals surface area contributed by atoms with Crippen molar-refractivity contribution in [2.75, 3.05) is 6.54 Å². The smallest absolute Gasteiger partial charge is 0.341 e. The van der Waals surface area contributed by atoms with Crippen molar-refractivity contribution in [3.8, 4) is 0 Å². The molecule has 0 aromatic carbocycles. The number of rotatable bonds is 3. The number of carbonyl (C=O) groups excluding carboxylic acids is 1. The first-order valence-corrected chi connectivity index (χ1v) is 8.71. The van der Waals surface area contributed by atoms with Gasteiger partial charge in [-0.1, -0.05) is 6.07 Å². The van der Waals surface area contributed by atoms with Crippen molar-refractivity contribution in [1.82, 2.24) is 9.88 Å². The molecule has 0 spiro atoms. The van der Waals surface area contributed by atoms with E-state index in [1.807, 2.05) is 16.3 Å². The van der Waals surface area contributed by atoms with E-state index in [0.29, 0.717) is 23.3 Å². The number of furan rings is 1. The van der Waals surface area contributed by atoms with Gasteiger partial charge in [-0.05, 0) is 30.7 Å². The Labute approximate surface area is 141 Å². The number of amides is 1. The number of aromatic amines is 1. The van der Waals surface area contributed by atoms with E-state index in [1.165, 1.54) is 11.1 Å². The number of fused-ring (bicyclic) bond motifs is 1. The zero-order chi connectivity index (χ0) is 16.7. The Bertz CT molecular complexity index is 893. The SMILES string of the molecule is O=C(O)c1coc2cc(C(=O)N3CCCCC3c3cccs3)[nH]c12. The van der Waals surface area contributed by atoms with Gasteiger partial charge in [-0.25, -0.2) is 4.79 Å². The van der Waals surface area contributed by atoms with Crippen LogP contribution in [0.25, 0.3) is 11.1 Å². The lowest BCUT2D eigenvalue weighted by Gasteiger charge is -2.35. The molecule has 1 atom stereocenters. The number of nitrogens with one attached hydrogen (secondary N) is 1. The molecule has 1 amide bonds. The number of carboxylic acids is 1. The lowest BCUT2D eigenvalue weighted by molar-refractivity contribution is 0.0609. The van der Waals surface area contributed by atoms with Gasteiger partial charge in [0.05, 0.1) is 11.6 Å². The highest BCUT2D eigenvalue weighted by molar-refractivity contribution is 7.10. The number of carboxylic acid groups (broad SMARTS) is 1. The minimum absolute atomic E-state index is 0.0394. The third kappa shape index (κ3) is 2.41. The maximum absolute atomic E-state index is 13.0. The third-order valence-electron chi connectivity index (χ3n) is 4.45. The number of carbonyl (C=O) groups is 2. The lowest BCUT2D eigenvalue weighted by atomic mass is 10.0. The molecule has 7 heteroatoms. The van der Waals surface area contributed by atoms with Crippen LogP contribution in [-0.4, -0.2) is 33.4 Å². The summed E-state index contributed by atoms with van der Waals surface area (Å²) in [6.07, 6.45) is 4.21. The summed E-state index contributed by atoms with van der Waals surface area (Å²) in [7, 11) is 0. The number of hydrogen-bond donors (Lipinski definition) is 2. The summed E-state index contributed by atoms with van der Waals surface area (Å²) in [5, 5.41) is 11.2. The highest BCUT2D eigenvalue weighted by Gasteiger charge is 2.30. The van der Waals surface area contributed by atoms with Crippen molar-refractivity contribution in [3.63, 3.8) is 0 Å². The number of piperidine rings is 1. The van der Waals surface area contributed by atoms with Gasteiger partial charge in [-0.15, -0.1) is 11.3 Å². The van der Waals surface area contributed by atoms with Crippen LogP contribution in [0.15, 0.2) is 34.3 Å². The van der Waals surface area contributed by atoms with Gasteiger partial charge in [0.25, 0.3) is 5.91 Å². The van der Waals surface area contributed by atoms with Crippen molar-refractivity contribution in [2.24, 2.45) is 0 Å². The van der Waals surface area contributed by atoms with Crippen LogP contribution in [0.5, 0.6) is 0 Å². The number of nitrogens with zero attached hydrogens (tertiary/aromatic N) is 1. The standard InChI is InChI=1S/C17H16N2O4S/c20-16(11-8-13-15(18-11)10(9-23-13)17(21)22)19-6-2-1-4-12(19)14-5-3-7-24-14/h3,5,7-9,12,18H,1-2,4,6H2,(H,21,22). The van der Waals surface area contributed by atoms with Gasteiger partial charge in [0, 0.05) is 17.5 Å². The van der Waals surface area contributed by atoms with Gasteiger partial charge in [-0.3, -0.25) is 4.79 Å². The second-order valence-corrected chi connectivity index (χ2v) is 6.88. The first kappa shape index (κ1) is 15.0. The fourth-order valence-corrected chi connectivity index (χ4v) is 4.16. The van der Waals surface area contributed by atoms with Crippen LogP contribution in [0.2, 0.25) is 0 Å². The Kier molecular flexibility index (Phi) is 3.65. The first-order valence-electron chi connectivity index (χ1n) is 7.83. The van der Waals surface area contributed by atoms with Gasteiger partial charge in [0.15, 0.2) is 5.58 Å². The molecule has 3 aromatic rings. The Morgan fingerprint density at radius 2 is 2.25 bits per heavy atom. The summed E-state index contributed by atoms with van der Waals surface area (Å²) in [5.74, 6) is -1.19. The molecule has 1 fully saturated rings. The van der Waals surface area contributed by atoms with Crippen LogP contribution in [0.1, 0.15) is 51.0 Å². The fraction of sp³-hybridized carbons (Fsp3) is 0.294. The molecule has 0 aliphatic carbocycles. The average molecular weight is 344 g/mol. The second kappa shape index (κ2) is 5.83. The van der Waals surface area contributed by atoms with Gasteiger partial charge in [-0.2, -0.15) is 0 Å². The molecule has 0 saturated carbocycles. The Morgan fingerprint density at radius 1 is 1.38 bits per heavy atom. The Morgan fingerprint density at radius 3 is 3.00 bits per heavy atom. The number of likely N-dealkylation sites (tertiary alicyclic amines) is 1. The molecule has 4 heterocycles. The normalized spacial score (nSPS) is 18.2. The summed E-state index contributed by atoms with van der Waals surface area (Å²) < 4.78 is 5.25. The minimum Gasteiger partial charge on any atom is -0.477 e. The van der Waals surface area contributed by atoms with E-state index in [2.05, 4.69) is 11.1 Å². The van der Waals surface area contributed by atoms with Crippen LogP contribution < -0.4 is 0 Å². The minimum atomic E-state index is -1.08. The maximum Gasteiger partial charge on any atom is 0.341 e. The molecule has 0 bridgehead atoms. The van der Waals surface area contributed by atoms with Gasteiger partial charge in [0.2, 0.25) is 0 Å². The molecule has 0 radical (unpaired) electrons. The number of aromatic nitrogens is 1. The van der Waals surface area contributed by atoms with Crippen molar-refractivity contribution < 1.29 is 19.1 Å². The maximum atomic E-state index is 13.0. The van der Waals surface area contributed by atoms with Gasteiger partial charge in [0.1, 0.15) is 17.5 Å². The van der Waals surface area contributed by atoms with Crippen molar-refractivity contribution in [3.05, 3.63) is 46.0 Å². The summed E-state index contributed by atoms with van der Waals surface area (Å²) in [6.45, 7) is 0.702. The lowest BCUT2D eigenvalue weighted by Crippen LogP contribution is -2.38. The predicted octanol–water partition coefficient (Wildman–Crippen LogP) is 3.89. The molecule has 1 unspecified atom stereocenters. The van der Waals surface area contributed by atoms with E-state index in [4.69, 9.17) is 9.52 Å². The van der Waals surface area contributed by atoms with Gasteiger partial charge >= 0.3 is 5.97 Å². The van der Waals surface area contributed by atoms with E-state index < -0.39 is 5.97 Å². The van der Waals surface area contributed by atoms with Crippen molar-refractivity contribution in [2.45, 2.75) is 25.3 Å². The summed E-state index contributed by atoms with van der Waals surface area (Å²) >= 11 is 1.66. The summed E-state index contributed by atoms with van der Waals surface area (Å²) in [5.41, 5.74) is 1.16. The predicted molar refractivity (Wildman–Crippen MR) is 89.5 cm³/mol. The second-order valence-electron chi connectivity index (χ2n) is 5.90. The van der Waals surface area contributed by atoms with Crippen molar-refractivity contribution >= 4 is 34.3 Å². The Hall–Kier alpha value is -2.54. The number of thiophene rings is 1. The molecule has 1 aliphatic rings. The van der Waals surface area contributed by atoms with Crippen molar-refractivity contribution in [1.29, 1.82) is 0 Å². The van der Waals surface area contributed by atoms with Gasteiger partial charge < -0.3 is 19.4 Å². The van der Waals surface area contributed by atoms with Crippen LogP contribution in [0.3, 0.4) is 0 Å². The van der Waals surface area contributed by atoms with Crippen LogP contribution in [0.4, 0.5) is 0 Å². The van der Waals surface area contributed by atoms with E-state index in [-0.39, 0.29) is 17.5 Å². The zero-order valence-electron chi connectivity index (χ0n) is 12.8. The van der Waals surface area contributed by atoms with E-state index >= 15 is 0 Å². The molecule has 2 N–H and O–H groups in total. The topological polar surface area (TPSA) is 86.5 Å². The van der Waals surface area contributed by atoms with Crippen LogP contribution in [0, 0.1) is 0 Å². The summed E-state index contributed by atoms with van der Waals surface area (Å²) in [6, 6.07) is 5.73. The molecule has 124 valence electrons. The number of aromatic carboxylic acids is 1. The zero-order valence-corrected chi connectivity index (χ0v) is 13.6.